The second-order valence-corrected chi connectivity index (χ2v) is 8.16. The van der Waals surface area contributed by atoms with E-state index in [9.17, 15) is 9.59 Å². The first-order valence-electron chi connectivity index (χ1n) is 11.4. The van der Waals surface area contributed by atoms with Crippen LogP contribution in [0.1, 0.15) is 22.3 Å². The smallest absolute Gasteiger partial charge is 0.350 e. The van der Waals surface area contributed by atoms with Crippen molar-refractivity contribution in [2.75, 3.05) is 20.8 Å². The SMILES string of the molecule is COc1ccc(Cn2ncc3cc(C(=O)NCCCn4nc5ccccn5c4=O)cnc32)c(OC)c1. The van der Waals surface area contributed by atoms with Gasteiger partial charge in [-0.15, -0.1) is 5.10 Å². The van der Waals surface area contributed by atoms with Gasteiger partial charge in [0.15, 0.2) is 11.3 Å². The molecule has 5 aromatic rings. The number of nitrogens with one attached hydrogen (secondary N) is 1. The maximum absolute atomic E-state index is 12.7. The number of rotatable bonds is 9. The highest BCUT2D eigenvalue weighted by Gasteiger charge is 2.13. The standard InChI is InChI=1S/C25H25N7O4/c1-35-20-8-7-17(21(13-20)36-2)16-32-23-18(15-28-32)12-19(14-27-23)24(33)26-9-5-11-31-25(34)30-10-4-3-6-22(30)29-31/h3-4,6-8,10,12-15H,5,9,11,16H2,1-2H3,(H,26,33). The molecule has 0 unspecified atom stereocenters. The molecule has 0 saturated heterocycles. The van der Waals surface area contributed by atoms with Gasteiger partial charge in [0.1, 0.15) is 11.5 Å². The van der Waals surface area contributed by atoms with Crippen LogP contribution in [-0.4, -0.2) is 55.6 Å². The number of pyridine rings is 2. The number of carbonyl (C=O) groups is 1. The Kier molecular flexibility index (Phi) is 6.35. The van der Waals surface area contributed by atoms with Crippen LogP contribution in [0.4, 0.5) is 0 Å². The Morgan fingerprint density at radius 2 is 1.94 bits per heavy atom. The van der Waals surface area contributed by atoms with Crippen LogP contribution in [-0.2, 0) is 13.1 Å². The third-order valence-corrected chi connectivity index (χ3v) is 5.87. The van der Waals surface area contributed by atoms with E-state index in [0.717, 1.165) is 10.9 Å². The monoisotopic (exact) mass is 487 g/mol. The van der Waals surface area contributed by atoms with Gasteiger partial charge in [-0.1, -0.05) is 6.07 Å². The molecule has 0 fully saturated rings. The van der Waals surface area contributed by atoms with Gasteiger partial charge in [0.25, 0.3) is 5.91 Å². The van der Waals surface area contributed by atoms with E-state index in [2.05, 4.69) is 20.5 Å². The Morgan fingerprint density at radius 3 is 2.75 bits per heavy atom. The Hall–Kier alpha value is -4.67. The van der Waals surface area contributed by atoms with Crippen LogP contribution in [0.25, 0.3) is 16.7 Å². The zero-order valence-electron chi connectivity index (χ0n) is 19.9. The minimum atomic E-state index is -0.240. The van der Waals surface area contributed by atoms with Gasteiger partial charge in [-0.2, -0.15) is 5.10 Å². The van der Waals surface area contributed by atoms with E-state index in [1.54, 1.807) is 49.5 Å². The number of amides is 1. The molecule has 5 rings (SSSR count). The highest BCUT2D eigenvalue weighted by Crippen LogP contribution is 2.26. The number of nitrogens with zero attached hydrogens (tertiary/aromatic N) is 6. The fourth-order valence-corrected chi connectivity index (χ4v) is 4.00. The lowest BCUT2D eigenvalue weighted by Gasteiger charge is -2.11. The Morgan fingerprint density at radius 1 is 1.06 bits per heavy atom. The quantitative estimate of drug-likeness (QED) is 0.317. The minimum absolute atomic E-state index is 0.198. The van der Waals surface area contributed by atoms with Gasteiger partial charge in [-0.25, -0.2) is 19.1 Å². The van der Waals surface area contributed by atoms with E-state index >= 15 is 0 Å². The van der Waals surface area contributed by atoms with E-state index < -0.39 is 0 Å². The van der Waals surface area contributed by atoms with Gasteiger partial charge in [-0.3, -0.25) is 9.20 Å². The fourth-order valence-electron chi connectivity index (χ4n) is 4.00. The van der Waals surface area contributed by atoms with E-state index in [1.165, 1.54) is 15.3 Å². The molecule has 0 saturated carbocycles. The van der Waals surface area contributed by atoms with Gasteiger partial charge < -0.3 is 14.8 Å². The van der Waals surface area contributed by atoms with Crippen molar-refractivity contribution in [1.82, 2.24) is 34.3 Å². The molecule has 1 aromatic carbocycles. The summed E-state index contributed by atoms with van der Waals surface area (Å²) in [6.45, 7) is 1.25. The van der Waals surface area contributed by atoms with Crippen molar-refractivity contribution in [2.24, 2.45) is 0 Å². The average molecular weight is 488 g/mol. The summed E-state index contributed by atoms with van der Waals surface area (Å²) < 4.78 is 15.4. The van der Waals surface area contributed by atoms with Crippen molar-refractivity contribution in [1.29, 1.82) is 0 Å². The molecular formula is C25H25N7O4. The van der Waals surface area contributed by atoms with Crippen molar-refractivity contribution in [2.45, 2.75) is 19.5 Å². The second kappa shape index (κ2) is 9.90. The number of hydrogen-bond donors (Lipinski definition) is 1. The van der Waals surface area contributed by atoms with E-state index in [-0.39, 0.29) is 11.6 Å². The van der Waals surface area contributed by atoms with E-state index in [4.69, 9.17) is 9.47 Å². The summed E-state index contributed by atoms with van der Waals surface area (Å²) in [5.41, 5.74) is 2.42. The van der Waals surface area contributed by atoms with Crippen molar-refractivity contribution in [3.63, 3.8) is 0 Å². The molecule has 1 amide bonds. The van der Waals surface area contributed by atoms with Gasteiger partial charge in [0.05, 0.1) is 32.5 Å². The molecule has 0 bridgehead atoms. The van der Waals surface area contributed by atoms with Gasteiger partial charge in [0.2, 0.25) is 0 Å². The highest BCUT2D eigenvalue weighted by atomic mass is 16.5. The van der Waals surface area contributed by atoms with Crippen molar-refractivity contribution >= 4 is 22.6 Å². The normalized spacial score (nSPS) is 11.2. The summed E-state index contributed by atoms with van der Waals surface area (Å²) >= 11 is 0. The van der Waals surface area contributed by atoms with Gasteiger partial charge >= 0.3 is 5.69 Å². The van der Waals surface area contributed by atoms with Crippen LogP contribution in [0, 0.1) is 0 Å². The maximum atomic E-state index is 12.7. The molecule has 0 atom stereocenters. The third kappa shape index (κ3) is 4.50. The highest BCUT2D eigenvalue weighted by molar-refractivity contribution is 5.96. The molecule has 4 aromatic heterocycles. The largest absolute Gasteiger partial charge is 0.497 e. The zero-order chi connectivity index (χ0) is 25.1. The summed E-state index contributed by atoms with van der Waals surface area (Å²) in [6.07, 6.45) is 5.47. The van der Waals surface area contributed by atoms with E-state index in [1.807, 2.05) is 24.3 Å². The molecule has 0 radical (unpaired) electrons. The summed E-state index contributed by atoms with van der Waals surface area (Å²) in [4.78, 5) is 29.5. The van der Waals surface area contributed by atoms with Crippen LogP contribution < -0.4 is 20.5 Å². The van der Waals surface area contributed by atoms with Crippen LogP contribution in [0.2, 0.25) is 0 Å². The number of benzene rings is 1. The molecule has 0 spiro atoms. The Labute approximate surface area is 205 Å². The first-order chi connectivity index (χ1) is 17.6. The number of fused-ring (bicyclic) bond motifs is 2. The number of carbonyl (C=O) groups excluding carboxylic acids is 1. The molecule has 0 aliphatic carbocycles. The summed E-state index contributed by atoms with van der Waals surface area (Å²) in [7, 11) is 3.22. The van der Waals surface area contributed by atoms with Crippen LogP contribution in [0.15, 0.2) is 65.8 Å². The number of hydrogen-bond acceptors (Lipinski definition) is 7. The average Bonchev–Trinajstić information content (AvgIpc) is 3.46. The Balaban J connectivity index is 1.22. The minimum Gasteiger partial charge on any atom is -0.497 e. The lowest BCUT2D eigenvalue weighted by atomic mass is 10.2. The first-order valence-corrected chi connectivity index (χ1v) is 11.4. The van der Waals surface area contributed by atoms with Crippen molar-refractivity contribution in [3.8, 4) is 11.5 Å². The van der Waals surface area contributed by atoms with Gasteiger partial charge in [0, 0.05) is 42.5 Å². The van der Waals surface area contributed by atoms with Crippen molar-refractivity contribution < 1.29 is 14.3 Å². The molecule has 11 heteroatoms. The third-order valence-electron chi connectivity index (χ3n) is 5.87. The molecule has 1 N–H and O–H groups in total. The molecule has 0 aliphatic rings. The number of methoxy groups -OCH3 is 2. The fraction of sp³-hybridized carbons (Fsp3) is 0.240. The van der Waals surface area contributed by atoms with Crippen molar-refractivity contribution in [3.05, 3.63) is 82.7 Å². The molecule has 36 heavy (non-hydrogen) atoms. The predicted octanol–water partition coefficient (Wildman–Crippen LogP) is 2.13. The van der Waals surface area contributed by atoms with Crippen LogP contribution >= 0.6 is 0 Å². The maximum Gasteiger partial charge on any atom is 0.350 e. The topological polar surface area (TPSA) is 118 Å². The van der Waals surface area contributed by atoms with Crippen LogP contribution in [0.5, 0.6) is 11.5 Å². The summed E-state index contributed by atoms with van der Waals surface area (Å²) in [5, 5.41) is 12.4. The molecule has 184 valence electrons. The molecule has 4 heterocycles. The summed E-state index contributed by atoms with van der Waals surface area (Å²) in [5.74, 6) is 1.16. The molecule has 0 aliphatic heterocycles. The summed E-state index contributed by atoms with van der Waals surface area (Å²) in [6, 6.07) is 12.8. The number of aromatic nitrogens is 6. The van der Waals surface area contributed by atoms with E-state index in [0.29, 0.717) is 54.4 Å². The predicted molar refractivity (Wildman–Crippen MR) is 133 cm³/mol. The zero-order valence-corrected chi connectivity index (χ0v) is 19.9. The van der Waals surface area contributed by atoms with Gasteiger partial charge in [-0.05, 0) is 36.8 Å². The molecular weight excluding hydrogens is 462 g/mol. The second-order valence-electron chi connectivity index (χ2n) is 8.16. The lowest BCUT2D eigenvalue weighted by molar-refractivity contribution is 0.0952. The number of aryl methyl sites for hydroxylation is 1. The lowest BCUT2D eigenvalue weighted by Crippen LogP contribution is -2.27. The first kappa shape index (κ1) is 23.1. The number of ether oxygens (including phenoxy) is 2. The molecule has 11 nitrogen and oxygen atoms in total. The Bertz CT molecular complexity index is 1600. The van der Waals surface area contributed by atoms with Crippen LogP contribution in [0.3, 0.4) is 0 Å².